The molecule has 0 spiro atoms. The number of carbonyl (C=O) groups is 1. The quantitative estimate of drug-likeness (QED) is 0.662. The maximum Gasteiger partial charge on any atom is 0.241 e. The number of likely N-dealkylation sites (N-methyl/N-ethyl adjacent to an activating group) is 1. The van der Waals surface area contributed by atoms with E-state index >= 15 is 0 Å². The third kappa shape index (κ3) is 6.35. The van der Waals surface area contributed by atoms with E-state index in [4.69, 9.17) is 4.74 Å². The molecule has 1 N–H and O–H groups in total. The molecule has 0 aliphatic carbocycles. The van der Waals surface area contributed by atoms with Gasteiger partial charge in [-0.1, -0.05) is 12.1 Å². The fourth-order valence-corrected chi connectivity index (χ4v) is 4.28. The van der Waals surface area contributed by atoms with Crippen molar-refractivity contribution in [2.24, 2.45) is 0 Å². The molecule has 1 aliphatic rings. The first-order chi connectivity index (χ1) is 14.8. The van der Waals surface area contributed by atoms with Crippen LogP contribution in [-0.2, 0) is 21.4 Å². The fraction of sp³-hybridized carbons (Fsp3) is 0.409. The predicted molar refractivity (Wildman–Crippen MR) is 123 cm³/mol. The number of piperazine rings is 1. The fourth-order valence-electron chi connectivity index (χ4n) is 3.42. The van der Waals surface area contributed by atoms with Crippen molar-refractivity contribution >= 4 is 27.3 Å². The van der Waals surface area contributed by atoms with E-state index in [1.165, 1.54) is 12.8 Å². The van der Waals surface area contributed by atoms with Gasteiger partial charge in [-0.3, -0.25) is 9.10 Å². The summed E-state index contributed by atoms with van der Waals surface area (Å²) in [5.41, 5.74) is 2.54. The lowest BCUT2D eigenvalue weighted by Gasteiger charge is -2.34. The maximum absolute atomic E-state index is 12.5. The largest absolute Gasteiger partial charge is 0.497 e. The van der Waals surface area contributed by atoms with E-state index in [1.807, 2.05) is 12.1 Å². The van der Waals surface area contributed by atoms with Crippen molar-refractivity contribution in [3.05, 3.63) is 54.1 Å². The molecule has 0 atom stereocenters. The minimum absolute atomic E-state index is 0.287. The monoisotopic (exact) mass is 446 g/mol. The summed E-state index contributed by atoms with van der Waals surface area (Å²) < 4.78 is 30.6. The third-order valence-electron chi connectivity index (χ3n) is 5.34. The van der Waals surface area contributed by atoms with Crippen molar-refractivity contribution in [1.82, 2.24) is 10.2 Å². The number of anilines is 2. The Morgan fingerprint density at radius 1 is 1.03 bits per heavy atom. The first kappa shape index (κ1) is 22.9. The number of hydrogen-bond acceptors (Lipinski definition) is 6. The Balaban J connectivity index is 1.57. The van der Waals surface area contributed by atoms with Crippen molar-refractivity contribution in [1.29, 1.82) is 0 Å². The molecule has 8 nitrogen and oxygen atoms in total. The summed E-state index contributed by atoms with van der Waals surface area (Å²) in [5, 5.41) is 2.81. The molecule has 1 saturated heterocycles. The van der Waals surface area contributed by atoms with E-state index in [0.717, 1.165) is 42.3 Å². The Morgan fingerprint density at radius 3 is 2.19 bits per heavy atom. The van der Waals surface area contributed by atoms with E-state index in [1.54, 1.807) is 24.3 Å². The second-order valence-corrected chi connectivity index (χ2v) is 9.61. The van der Waals surface area contributed by atoms with Gasteiger partial charge in [0.05, 0.1) is 19.1 Å². The van der Waals surface area contributed by atoms with Gasteiger partial charge < -0.3 is 19.9 Å². The minimum atomic E-state index is -3.61. The number of benzene rings is 2. The maximum atomic E-state index is 12.5. The van der Waals surface area contributed by atoms with Crippen LogP contribution in [0.15, 0.2) is 48.5 Å². The molecule has 1 heterocycles. The molecular formula is C22H30N4O4S. The Kier molecular flexibility index (Phi) is 7.40. The molecule has 0 saturated carbocycles. The zero-order chi connectivity index (χ0) is 22.4. The van der Waals surface area contributed by atoms with Crippen molar-refractivity contribution in [3.63, 3.8) is 0 Å². The molecule has 31 heavy (non-hydrogen) atoms. The Hall–Kier alpha value is -2.78. The summed E-state index contributed by atoms with van der Waals surface area (Å²) in [4.78, 5) is 17.1. The van der Waals surface area contributed by atoms with E-state index in [2.05, 4.69) is 34.3 Å². The topological polar surface area (TPSA) is 82.2 Å². The van der Waals surface area contributed by atoms with Crippen molar-refractivity contribution in [2.45, 2.75) is 6.54 Å². The lowest BCUT2D eigenvalue weighted by molar-refractivity contribution is -0.119. The van der Waals surface area contributed by atoms with Gasteiger partial charge in [-0.15, -0.1) is 0 Å². The first-order valence-electron chi connectivity index (χ1n) is 10.2. The van der Waals surface area contributed by atoms with Crippen LogP contribution in [0.2, 0.25) is 0 Å². The standard InChI is InChI=1S/C22H30N4O4S/c1-24-12-14-25(15-13-24)19-6-4-18(5-7-19)16-23-22(27)17-26(31(3,28)29)20-8-10-21(30-2)11-9-20/h4-11H,12-17H2,1-3H3,(H,23,27). The highest BCUT2D eigenvalue weighted by Gasteiger charge is 2.21. The highest BCUT2D eigenvalue weighted by Crippen LogP contribution is 2.21. The van der Waals surface area contributed by atoms with Gasteiger partial charge in [0.25, 0.3) is 0 Å². The molecule has 1 amide bonds. The van der Waals surface area contributed by atoms with Crippen LogP contribution in [0.4, 0.5) is 11.4 Å². The van der Waals surface area contributed by atoms with E-state index < -0.39 is 10.0 Å². The molecule has 2 aromatic carbocycles. The van der Waals surface area contributed by atoms with E-state index in [9.17, 15) is 13.2 Å². The van der Waals surface area contributed by atoms with E-state index in [-0.39, 0.29) is 12.5 Å². The summed E-state index contributed by atoms with van der Waals surface area (Å²) in [6.45, 7) is 4.14. The number of nitrogens with one attached hydrogen (secondary N) is 1. The smallest absolute Gasteiger partial charge is 0.241 e. The third-order valence-corrected chi connectivity index (χ3v) is 6.48. The molecule has 1 fully saturated rings. The number of sulfonamides is 1. The molecule has 0 aromatic heterocycles. The normalized spacial score (nSPS) is 14.9. The van der Waals surface area contributed by atoms with Crippen LogP contribution in [0.5, 0.6) is 5.75 Å². The molecule has 3 rings (SSSR count). The molecule has 9 heteroatoms. The zero-order valence-electron chi connectivity index (χ0n) is 18.2. The van der Waals surface area contributed by atoms with Gasteiger partial charge in [0.1, 0.15) is 12.3 Å². The van der Waals surface area contributed by atoms with Crippen LogP contribution in [0.3, 0.4) is 0 Å². The summed E-state index contributed by atoms with van der Waals surface area (Å²) >= 11 is 0. The summed E-state index contributed by atoms with van der Waals surface area (Å²) in [7, 11) is 0.0490. The SMILES string of the molecule is COc1ccc(N(CC(=O)NCc2ccc(N3CCN(C)CC3)cc2)S(C)(=O)=O)cc1. The van der Waals surface area contributed by atoms with E-state index in [0.29, 0.717) is 18.0 Å². The number of carbonyl (C=O) groups excluding carboxylic acids is 1. The van der Waals surface area contributed by atoms with Gasteiger partial charge >= 0.3 is 0 Å². The van der Waals surface area contributed by atoms with Gasteiger partial charge in [0, 0.05) is 38.4 Å². The molecule has 168 valence electrons. The molecule has 0 unspecified atom stereocenters. The summed E-state index contributed by atoms with van der Waals surface area (Å²) in [6, 6.07) is 14.7. The zero-order valence-corrected chi connectivity index (χ0v) is 19.1. The lowest BCUT2D eigenvalue weighted by Crippen LogP contribution is -2.44. The van der Waals surface area contributed by atoms with Gasteiger partial charge in [0.2, 0.25) is 15.9 Å². The van der Waals surface area contributed by atoms with Crippen LogP contribution in [0.25, 0.3) is 0 Å². The second kappa shape index (κ2) is 10.0. The van der Waals surface area contributed by atoms with Gasteiger partial charge in [-0.25, -0.2) is 8.42 Å². The number of nitrogens with zero attached hydrogens (tertiary/aromatic N) is 3. The number of rotatable bonds is 8. The minimum Gasteiger partial charge on any atom is -0.497 e. The highest BCUT2D eigenvalue weighted by molar-refractivity contribution is 7.92. The van der Waals surface area contributed by atoms with Crippen molar-refractivity contribution < 1.29 is 17.9 Å². The van der Waals surface area contributed by atoms with Crippen molar-refractivity contribution in [2.75, 3.05) is 62.3 Å². The average Bonchev–Trinajstić information content (AvgIpc) is 2.76. The Morgan fingerprint density at radius 2 is 1.65 bits per heavy atom. The van der Waals surface area contributed by atoms with Gasteiger partial charge in [-0.2, -0.15) is 0 Å². The van der Waals surface area contributed by atoms with Crippen LogP contribution in [0.1, 0.15) is 5.56 Å². The number of amides is 1. The molecule has 2 aromatic rings. The molecular weight excluding hydrogens is 416 g/mol. The highest BCUT2D eigenvalue weighted by atomic mass is 32.2. The van der Waals surface area contributed by atoms with Crippen LogP contribution >= 0.6 is 0 Å². The lowest BCUT2D eigenvalue weighted by atomic mass is 10.1. The molecule has 0 bridgehead atoms. The average molecular weight is 447 g/mol. The Bertz CT molecular complexity index is 970. The van der Waals surface area contributed by atoms with Gasteiger partial charge in [-0.05, 0) is 49.0 Å². The molecule has 1 aliphatic heterocycles. The van der Waals surface area contributed by atoms with Crippen LogP contribution in [-0.4, -0.2) is 72.4 Å². The van der Waals surface area contributed by atoms with Gasteiger partial charge in [0.15, 0.2) is 0 Å². The first-order valence-corrected chi connectivity index (χ1v) is 12.0. The summed E-state index contributed by atoms with van der Waals surface area (Å²) in [5.74, 6) is 0.242. The predicted octanol–water partition coefficient (Wildman–Crippen LogP) is 1.53. The number of hydrogen-bond donors (Lipinski definition) is 1. The van der Waals surface area contributed by atoms with Crippen molar-refractivity contribution in [3.8, 4) is 5.75 Å². The Labute approximate surface area is 184 Å². The number of ether oxygens (including phenoxy) is 1. The summed E-state index contributed by atoms with van der Waals surface area (Å²) in [6.07, 6.45) is 1.08. The number of methoxy groups -OCH3 is 1. The van der Waals surface area contributed by atoms with Crippen LogP contribution in [0, 0.1) is 0 Å². The van der Waals surface area contributed by atoms with Crippen LogP contribution < -0.4 is 19.3 Å². The molecule has 0 radical (unpaired) electrons. The second-order valence-electron chi connectivity index (χ2n) is 7.70.